The van der Waals surface area contributed by atoms with Crippen LogP contribution in [-0.2, 0) is 4.79 Å². The minimum atomic E-state index is -0.629. The van der Waals surface area contributed by atoms with Crippen molar-refractivity contribution in [2.45, 2.75) is 64.0 Å². The largest absolute Gasteiger partial charge is 0.348 e. The second-order valence-electron chi connectivity index (χ2n) is 11.6. The molecule has 0 spiro atoms. The van der Waals surface area contributed by atoms with Crippen molar-refractivity contribution in [3.8, 4) is 0 Å². The van der Waals surface area contributed by atoms with E-state index in [1.165, 1.54) is 29.4 Å². The van der Waals surface area contributed by atoms with E-state index in [0.717, 1.165) is 25.7 Å². The van der Waals surface area contributed by atoms with E-state index in [1.54, 1.807) is 31.6 Å². The average molecular weight is 628 g/mol. The standard InChI is InChI=1S/C31H33Cl2FN6O3/c1-31(11-3-4-12-31)27(25-22(34)10-9-21(32)26(25)33)39-28(41)18-7-8-19(14-18)38-29(42)23-16-37-24(17-36-23)30(43)40(2)20-6-5-13-35-15-20/h5-6,9-10,13,15-19,27H,3-4,7-8,11-12,14H2,1-2H3,(H,38,42)(H,39,41)/t18-,19?,27-/m1/s1. The van der Waals surface area contributed by atoms with Crippen molar-refractivity contribution in [2.75, 3.05) is 11.9 Å². The third kappa shape index (κ3) is 6.65. The molecule has 2 heterocycles. The molecular formula is C31H33Cl2FN6O3. The molecule has 0 aliphatic heterocycles. The van der Waals surface area contributed by atoms with E-state index in [9.17, 15) is 14.4 Å². The fourth-order valence-electron chi connectivity index (χ4n) is 6.14. The van der Waals surface area contributed by atoms with Gasteiger partial charge in [0.1, 0.15) is 17.2 Å². The van der Waals surface area contributed by atoms with Gasteiger partial charge in [0, 0.05) is 30.8 Å². The molecule has 2 aromatic heterocycles. The lowest BCUT2D eigenvalue weighted by molar-refractivity contribution is -0.126. The maximum Gasteiger partial charge on any atom is 0.278 e. The van der Waals surface area contributed by atoms with Crippen LogP contribution in [0.3, 0.4) is 0 Å². The zero-order valence-corrected chi connectivity index (χ0v) is 25.5. The van der Waals surface area contributed by atoms with Crippen molar-refractivity contribution >= 4 is 46.6 Å². The maximum absolute atomic E-state index is 15.1. The average Bonchev–Trinajstić information content (AvgIpc) is 3.68. The van der Waals surface area contributed by atoms with Gasteiger partial charge in [0.25, 0.3) is 11.8 Å². The van der Waals surface area contributed by atoms with Gasteiger partial charge in [-0.2, -0.15) is 0 Å². The highest BCUT2D eigenvalue weighted by Gasteiger charge is 2.43. The van der Waals surface area contributed by atoms with Gasteiger partial charge in [-0.1, -0.05) is 43.0 Å². The number of nitrogens with zero attached hydrogens (tertiary/aromatic N) is 4. The highest BCUT2D eigenvalue weighted by Crippen LogP contribution is 2.50. The number of hydrogen-bond donors (Lipinski definition) is 2. The van der Waals surface area contributed by atoms with E-state index in [2.05, 4.69) is 32.5 Å². The minimum Gasteiger partial charge on any atom is -0.348 e. The lowest BCUT2D eigenvalue weighted by atomic mass is 9.76. The topological polar surface area (TPSA) is 117 Å². The third-order valence-corrected chi connectivity index (χ3v) is 9.50. The Hall–Kier alpha value is -3.63. The van der Waals surface area contributed by atoms with Crippen LogP contribution < -0.4 is 15.5 Å². The van der Waals surface area contributed by atoms with Gasteiger partial charge in [0.05, 0.1) is 40.4 Å². The summed E-state index contributed by atoms with van der Waals surface area (Å²) in [4.78, 5) is 52.9. The van der Waals surface area contributed by atoms with Crippen LogP contribution in [0.25, 0.3) is 0 Å². The Morgan fingerprint density at radius 1 is 1.05 bits per heavy atom. The molecule has 43 heavy (non-hydrogen) atoms. The molecule has 0 radical (unpaired) electrons. The lowest BCUT2D eigenvalue weighted by Crippen LogP contribution is -2.42. The fraction of sp³-hybridized carbons (Fsp3) is 0.419. The van der Waals surface area contributed by atoms with Gasteiger partial charge in [-0.25, -0.2) is 14.4 Å². The van der Waals surface area contributed by atoms with E-state index in [4.69, 9.17) is 23.2 Å². The van der Waals surface area contributed by atoms with Crippen LogP contribution >= 0.6 is 23.2 Å². The van der Waals surface area contributed by atoms with Crippen molar-refractivity contribution < 1.29 is 18.8 Å². The second kappa shape index (κ2) is 12.9. The minimum absolute atomic E-state index is 0.0637. The van der Waals surface area contributed by atoms with E-state index in [1.807, 2.05) is 0 Å². The van der Waals surface area contributed by atoms with Crippen molar-refractivity contribution in [3.05, 3.63) is 81.9 Å². The number of rotatable bonds is 8. The molecule has 2 saturated carbocycles. The van der Waals surface area contributed by atoms with Gasteiger partial charge in [-0.3, -0.25) is 19.4 Å². The molecule has 12 heteroatoms. The van der Waals surface area contributed by atoms with Gasteiger partial charge >= 0.3 is 0 Å². The zero-order valence-electron chi connectivity index (χ0n) is 23.9. The number of nitrogens with one attached hydrogen (secondary N) is 2. The number of carbonyl (C=O) groups is 3. The summed E-state index contributed by atoms with van der Waals surface area (Å²) in [6.07, 6.45) is 10.9. The Bertz CT molecular complexity index is 1500. The van der Waals surface area contributed by atoms with Gasteiger partial charge in [-0.15, -0.1) is 0 Å². The lowest BCUT2D eigenvalue weighted by Gasteiger charge is -2.36. The SMILES string of the molecule is CN(C(=O)c1cnc(C(=O)NC2CC[C@@H](C(=O)N[C@H](c3c(F)ccc(Cl)c3Cl)C3(C)CCCC3)C2)cn1)c1cccnc1. The number of benzene rings is 1. The first-order chi connectivity index (χ1) is 20.6. The summed E-state index contributed by atoms with van der Waals surface area (Å²) in [7, 11) is 1.60. The van der Waals surface area contributed by atoms with Crippen LogP contribution in [0.2, 0.25) is 10.0 Å². The number of pyridine rings is 1. The Balaban J connectivity index is 1.21. The third-order valence-electron chi connectivity index (χ3n) is 8.68. The molecule has 1 unspecified atom stereocenters. The molecule has 3 atom stereocenters. The number of aromatic nitrogens is 3. The second-order valence-corrected chi connectivity index (χ2v) is 12.4. The molecular weight excluding hydrogens is 594 g/mol. The molecule has 0 bridgehead atoms. The first-order valence-electron chi connectivity index (χ1n) is 14.3. The van der Waals surface area contributed by atoms with Gasteiger partial charge < -0.3 is 15.5 Å². The number of hydrogen-bond acceptors (Lipinski definition) is 6. The number of halogens is 3. The van der Waals surface area contributed by atoms with Crippen molar-refractivity contribution in [2.24, 2.45) is 11.3 Å². The maximum atomic E-state index is 15.1. The van der Waals surface area contributed by atoms with Crippen molar-refractivity contribution in [1.82, 2.24) is 25.6 Å². The molecule has 1 aromatic carbocycles. The molecule has 3 aromatic rings. The zero-order chi connectivity index (χ0) is 30.7. The fourth-order valence-corrected chi connectivity index (χ4v) is 6.57. The first kappa shape index (κ1) is 30.8. The highest BCUT2D eigenvalue weighted by molar-refractivity contribution is 6.42. The summed E-state index contributed by atoms with van der Waals surface area (Å²) >= 11 is 12.7. The predicted molar refractivity (Wildman–Crippen MR) is 161 cm³/mol. The van der Waals surface area contributed by atoms with Crippen LogP contribution in [-0.4, -0.2) is 45.8 Å². The summed E-state index contributed by atoms with van der Waals surface area (Å²) < 4.78 is 15.1. The van der Waals surface area contributed by atoms with Gasteiger partial charge in [0.2, 0.25) is 5.91 Å². The van der Waals surface area contributed by atoms with Gasteiger partial charge in [-0.05, 0) is 61.8 Å². The molecule has 5 rings (SSSR count). The smallest absolute Gasteiger partial charge is 0.278 e. The van der Waals surface area contributed by atoms with E-state index >= 15 is 4.39 Å². The quantitative estimate of drug-likeness (QED) is 0.299. The molecule has 3 amide bonds. The van der Waals surface area contributed by atoms with Crippen molar-refractivity contribution in [3.63, 3.8) is 0 Å². The van der Waals surface area contributed by atoms with Crippen LogP contribution in [0.1, 0.15) is 84.5 Å². The first-order valence-corrected chi connectivity index (χ1v) is 15.1. The predicted octanol–water partition coefficient (Wildman–Crippen LogP) is 5.93. The number of carbonyl (C=O) groups excluding carboxylic acids is 3. The Labute approximate surface area is 259 Å². The normalized spacial score (nSPS) is 19.9. The molecule has 2 aliphatic rings. The summed E-state index contributed by atoms with van der Waals surface area (Å²) in [6.45, 7) is 2.05. The number of amides is 3. The highest BCUT2D eigenvalue weighted by atomic mass is 35.5. The van der Waals surface area contributed by atoms with Crippen LogP contribution in [0, 0.1) is 17.2 Å². The molecule has 0 saturated heterocycles. The van der Waals surface area contributed by atoms with Crippen LogP contribution in [0.15, 0.2) is 49.1 Å². The number of anilines is 1. The van der Waals surface area contributed by atoms with Crippen molar-refractivity contribution in [1.29, 1.82) is 0 Å². The molecule has 9 nitrogen and oxygen atoms in total. The molecule has 2 N–H and O–H groups in total. The van der Waals surface area contributed by atoms with Gasteiger partial charge in [0.15, 0.2) is 0 Å². The van der Waals surface area contributed by atoms with E-state index < -0.39 is 17.8 Å². The molecule has 2 fully saturated rings. The monoisotopic (exact) mass is 626 g/mol. The molecule has 2 aliphatic carbocycles. The van der Waals surface area contributed by atoms with Crippen LogP contribution in [0.4, 0.5) is 10.1 Å². The van der Waals surface area contributed by atoms with E-state index in [-0.39, 0.29) is 56.2 Å². The summed E-state index contributed by atoms with van der Waals surface area (Å²) in [6, 6.07) is 5.28. The summed E-state index contributed by atoms with van der Waals surface area (Å²) in [5.74, 6) is -1.90. The Morgan fingerprint density at radius 3 is 2.44 bits per heavy atom. The Kier molecular flexibility index (Phi) is 9.27. The summed E-state index contributed by atoms with van der Waals surface area (Å²) in [5, 5.41) is 6.40. The summed E-state index contributed by atoms with van der Waals surface area (Å²) in [5.41, 5.74) is 0.606. The Morgan fingerprint density at radius 2 is 1.77 bits per heavy atom. The van der Waals surface area contributed by atoms with Crippen LogP contribution in [0.5, 0.6) is 0 Å². The van der Waals surface area contributed by atoms with E-state index in [0.29, 0.717) is 24.9 Å². The molecule has 226 valence electrons.